The predicted octanol–water partition coefficient (Wildman–Crippen LogP) is -1.09. The molecule has 5 nitrogen and oxygen atoms in total. The van der Waals surface area contributed by atoms with Crippen molar-refractivity contribution in [1.82, 2.24) is 5.32 Å². The van der Waals surface area contributed by atoms with Crippen LogP contribution in [0.5, 0.6) is 0 Å². The van der Waals surface area contributed by atoms with Crippen molar-refractivity contribution in [3.05, 3.63) is 0 Å². The first-order valence-corrected chi connectivity index (χ1v) is 3.64. The van der Waals surface area contributed by atoms with E-state index in [4.69, 9.17) is 14.9 Å². The van der Waals surface area contributed by atoms with Gasteiger partial charge in [0.1, 0.15) is 0 Å². The molecule has 9 heavy (non-hydrogen) atoms. The number of carboxylic acids is 1. The Morgan fingerprint density at radius 2 is 2.11 bits per heavy atom. The quantitative estimate of drug-likeness (QED) is 0.385. The van der Waals surface area contributed by atoms with Gasteiger partial charge in [-0.1, -0.05) is 0 Å². The predicted molar refractivity (Wildman–Crippen MR) is 31.9 cm³/mol. The molecule has 0 rings (SSSR count). The van der Waals surface area contributed by atoms with Gasteiger partial charge in [0.15, 0.2) is 8.38 Å². The van der Waals surface area contributed by atoms with E-state index in [9.17, 15) is 4.79 Å². The summed E-state index contributed by atoms with van der Waals surface area (Å²) in [6.07, 6.45) is -0.0539. The molecule has 0 fully saturated rings. The zero-order valence-corrected chi connectivity index (χ0v) is 5.51. The van der Waals surface area contributed by atoms with Crippen LogP contribution in [-0.2, 0) is 4.79 Å². The first-order chi connectivity index (χ1) is 4.13. The molecule has 0 amide bonds. The summed E-state index contributed by atoms with van der Waals surface area (Å²) in [5.41, 5.74) is 0. The van der Waals surface area contributed by atoms with Crippen molar-refractivity contribution in [3.63, 3.8) is 0 Å². The molecule has 0 aromatic heterocycles. The standard InChI is InChI=1S/C3H8NO4P/c5-3(6)1-4-2-9(7)8/h4,7-8H,1-2H2,(H,5,6). The van der Waals surface area contributed by atoms with Gasteiger partial charge in [-0.3, -0.25) is 10.1 Å². The minimum atomic E-state index is -2.01. The van der Waals surface area contributed by atoms with Crippen LogP contribution in [-0.4, -0.2) is 33.7 Å². The number of aliphatic carboxylic acids is 1. The second kappa shape index (κ2) is 4.64. The molecule has 0 unspecified atom stereocenters. The minimum absolute atomic E-state index is 0.0539. The van der Waals surface area contributed by atoms with Gasteiger partial charge in [0.25, 0.3) is 0 Å². The Kier molecular flexibility index (Phi) is 4.53. The number of carboxylic acid groups (broad SMARTS) is 1. The fourth-order valence-corrected chi connectivity index (χ4v) is 0.575. The van der Waals surface area contributed by atoms with Crippen molar-refractivity contribution >= 4 is 14.3 Å². The van der Waals surface area contributed by atoms with Gasteiger partial charge >= 0.3 is 5.97 Å². The highest BCUT2D eigenvalue weighted by Gasteiger charge is 1.98. The summed E-state index contributed by atoms with van der Waals surface area (Å²) in [6.45, 7) is -0.236. The van der Waals surface area contributed by atoms with Gasteiger partial charge in [-0.05, 0) is 0 Å². The molecule has 0 bridgehead atoms. The molecule has 0 saturated carbocycles. The lowest BCUT2D eigenvalue weighted by Crippen LogP contribution is -2.22. The zero-order valence-electron chi connectivity index (χ0n) is 4.61. The van der Waals surface area contributed by atoms with Crippen molar-refractivity contribution < 1.29 is 19.7 Å². The minimum Gasteiger partial charge on any atom is -0.480 e. The highest BCUT2D eigenvalue weighted by molar-refractivity contribution is 7.44. The van der Waals surface area contributed by atoms with Crippen molar-refractivity contribution in [2.45, 2.75) is 0 Å². The number of rotatable bonds is 4. The van der Waals surface area contributed by atoms with Crippen LogP contribution in [0.1, 0.15) is 0 Å². The van der Waals surface area contributed by atoms with Gasteiger partial charge in [0, 0.05) is 0 Å². The summed E-state index contributed by atoms with van der Waals surface area (Å²) < 4.78 is 0. The largest absolute Gasteiger partial charge is 0.480 e. The number of carbonyl (C=O) groups is 1. The van der Waals surface area contributed by atoms with Crippen LogP contribution in [0.2, 0.25) is 0 Å². The van der Waals surface area contributed by atoms with E-state index < -0.39 is 14.3 Å². The van der Waals surface area contributed by atoms with Crippen molar-refractivity contribution in [3.8, 4) is 0 Å². The van der Waals surface area contributed by atoms with E-state index in [1.54, 1.807) is 0 Å². The topological polar surface area (TPSA) is 89.8 Å². The highest BCUT2D eigenvalue weighted by atomic mass is 31.2. The molecular weight excluding hydrogens is 145 g/mol. The molecule has 0 aliphatic heterocycles. The first-order valence-electron chi connectivity index (χ1n) is 2.20. The lowest BCUT2D eigenvalue weighted by molar-refractivity contribution is -0.135. The molecule has 4 N–H and O–H groups in total. The van der Waals surface area contributed by atoms with Gasteiger partial charge < -0.3 is 14.9 Å². The monoisotopic (exact) mass is 153 g/mol. The summed E-state index contributed by atoms with van der Waals surface area (Å²) in [7, 11) is -2.01. The Labute approximate surface area is 53.2 Å². The molecule has 0 saturated heterocycles. The summed E-state index contributed by atoms with van der Waals surface area (Å²) in [5, 5.41) is 10.3. The lowest BCUT2D eigenvalue weighted by atomic mass is 10.7. The molecule has 0 aromatic carbocycles. The van der Waals surface area contributed by atoms with Crippen LogP contribution in [0.25, 0.3) is 0 Å². The van der Waals surface area contributed by atoms with Gasteiger partial charge in [0.2, 0.25) is 0 Å². The molecule has 54 valence electrons. The van der Waals surface area contributed by atoms with Crippen LogP contribution >= 0.6 is 8.38 Å². The van der Waals surface area contributed by atoms with Gasteiger partial charge in [-0.25, -0.2) is 0 Å². The molecule has 0 spiro atoms. The average Bonchev–Trinajstić information content (AvgIpc) is 1.63. The van der Waals surface area contributed by atoms with E-state index in [0.29, 0.717) is 0 Å². The number of nitrogens with one attached hydrogen (secondary N) is 1. The van der Waals surface area contributed by atoms with Crippen LogP contribution in [0, 0.1) is 0 Å². The normalized spacial score (nSPS) is 10.1. The summed E-state index contributed by atoms with van der Waals surface area (Å²) >= 11 is 0. The third kappa shape index (κ3) is 7.78. The van der Waals surface area contributed by atoms with Gasteiger partial charge in [-0.15, -0.1) is 0 Å². The molecule has 0 radical (unpaired) electrons. The van der Waals surface area contributed by atoms with Gasteiger partial charge in [-0.2, -0.15) is 0 Å². The Balaban J connectivity index is 3.01. The fraction of sp³-hybridized carbons (Fsp3) is 0.667. The van der Waals surface area contributed by atoms with Crippen LogP contribution in [0.3, 0.4) is 0 Å². The van der Waals surface area contributed by atoms with Crippen molar-refractivity contribution in [2.75, 3.05) is 12.8 Å². The molecule has 0 aliphatic rings. The second-order valence-corrected chi connectivity index (χ2v) is 2.41. The summed E-state index contributed by atoms with van der Waals surface area (Å²) in [4.78, 5) is 26.2. The van der Waals surface area contributed by atoms with E-state index in [-0.39, 0.29) is 12.8 Å². The maximum absolute atomic E-state index is 9.76. The maximum atomic E-state index is 9.76. The highest BCUT2D eigenvalue weighted by Crippen LogP contribution is 2.18. The zero-order chi connectivity index (χ0) is 7.28. The molecule has 0 aliphatic carbocycles. The smallest absolute Gasteiger partial charge is 0.317 e. The number of hydrogen-bond donors (Lipinski definition) is 4. The van der Waals surface area contributed by atoms with E-state index in [1.807, 2.05) is 0 Å². The molecule has 0 aromatic rings. The molecular formula is C3H8NO4P. The van der Waals surface area contributed by atoms with E-state index in [0.717, 1.165) is 0 Å². The summed E-state index contributed by atoms with van der Waals surface area (Å²) in [5.74, 6) is -1.01. The molecule has 6 heteroatoms. The SMILES string of the molecule is O=C(O)CNCP(O)O. The Morgan fingerprint density at radius 3 is 2.44 bits per heavy atom. The summed E-state index contributed by atoms with van der Waals surface area (Å²) in [6, 6.07) is 0. The Bertz CT molecular complexity index is 95.8. The number of hydrogen-bond acceptors (Lipinski definition) is 4. The molecule has 0 heterocycles. The van der Waals surface area contributed by atoms with Crippen LogP contribution in [0.4, 0.5) is 0 Å². The van der Waals surface area contributed by atoms with E-state index >= 15 is 0 Å². The Morgan fingerprint density at radius 1 is 1.56 bits per heavy atom. The van der Waals surface area contributed by atoms with Crippen LogP contribution < -0.4 is 5.32 Å². The van der Waals surface area contributed by atoms with E-state index in [1.165, 1.54) is 0 Å². The Hall–Kier alpha value is -0.220. The van der Waals surface area contributed by atoms with Crippen LogP contribution in [0.15, 0.2) is 0 Å². The van der Waals surface area contributed by atoms with E-state index in [2.05, 4.69) is 5.32 Å². The average molecular weight is 153 g/mol. The third-order valence-electron chi connectivity index (χ3n) is 0.529. The van der Waals surface area contributed by atoms with Gasteiger partial charge in [0.05, 0.1) is 12.8 Å². The van der Waals surface area contributed by atoms with Crippen molar-refractivity contribution in [1.29, 1.82) is 0 Å². The van der Waals surface area contributed by atoms with Crippen molar-refractivity contribution in [2.24, 2.45) is 0 Å². The molecule has 0 atom stereocenters. The second-order valence-electron chi connectivity index (χ2n) is 1.35. The third-order valence-corrected chi connectivity index (χ3v) is 1.04. The lowest BCUT2D eigenvalue weighted by Gasteiger charge is -2.00. The first kappa shape index (κ1) is 8.78. The maximum Gasteiger partial charge on any atom is 0.317 e. The fourth-order valence-electron chi connectivity index (χ4n) is 0.263.